The Bertz CT molecular complexity index is 331. The van der Waals surface area contributed by atoms with E-state index in [0.717, 1.165) is 39.0 Å². The number of rotatable bonds is 8. The molecule has 1 rings (SSSR count). The van der Waals surface area contributed by atoms with E-state index in [1.54, 1.807) is 0 Å². The molecule has 18 heavy (non-hydrogen) atoms. The van der Waals surface area contributed by atoms with Gasteiger partial charge in [0.05, 0.1) is 0 Å². The van der Waals surface area contributed by atoms with Crippen LogP contribution in [0.25, 0.3) is 0 Å². The van der Waals surface area contributed by atoms with Gasteiger partial charge in [-0.1, -0.05) is 0 Å². The van der Waals surface area contributed by atoms with Gasteiger partial charge in [-0.25, -0.2) is 0 Å². The van der Waals surface area contributed by atoms with E-state index in [1.165, 1.54) is 0 Å². The molecule has 1 aromatic heterocycles. The minimum Gasteiger partial charge on any atom is -0.425 e. The topological polar surface area (TPSA) is 60.2 Å². The maximum atomic E-state index is 5.56. The second-order valence-corrected chi connectivity index (χ2v) is 5.32. The largest absolute Gasteiger partial charge is 0.425 e. The summed E-state index contributed by atoms with van der Waals surface area (Å²) >= 11 is 0. The van der Waals surface area contributed by atoms with Gasteiger partial charge in [-0.3, -0.25) is 0 Å². The molecule has 0 unspecified atom stereocenters. The molecule has 0 aliphatic carbocycles. The Kier molecular flexibility index (Phi) is 6.29. The van der Waals surface area contributed by atoms with Crippen molar-refractivity contribution in [1.29, 1.82) is 0 Å². The fourth-order valence-electron chi connectivity index (χ4n) is 1.50. The molecule has 1 N–H and O–H groups in total. The molecule has 1 aromatic rings. The second-order valence-electron chi connectivity index (χ2n) is 5.32. The standard InChI is InChI=1S/C13H25N3O2/c1-5-17-10-6-7-11-15-16-12(18-11)8-9-14-13(2,3)4/h14H,5-10H2,1-4H3. The van der Waals surface area contributed by atoms with Crippen molar-refractivity contribution in [2.45, 2.75) is 52.5 Å². The monoisotopic (exact) mass is 255 g/mol. The average molecular weight is 255 g/mol. The van der Waals surface area contributed by atoms with E-state index in [0.29, 0.717) is 11.8 Å². The highest BCUT2D eigenvalue weighted by atomic mass is 16.5. The first-order valence-electron chi connectivity index (χ1n) is 6.65. The highest BCUT2D eigenvalue weighted by molar-refractivity contribution is 4.84. The molecule has 0 fully saturated rings. The first-order chi connectivity index (χ1) is 8.51. The van der Waals surface area contributed by atoms with Crippen LogP contribution in [0, 0.1) is 0 Å². The maximum absolute atomic E-state index is 5.56. The van der Waals surface area contributed by atoms with Gasteiger partial charge in [0.2, 0.25) is 11.8 Å². The van der Waals surface area contributed by atoms with Crippen LogP contribution in [0.15, 0.2) is 4.42 Å². The second kappa shape index (κ2) is 7.48. The summed E-state index contributed by atoms with van der Waals surface area (Å²) in [5.41, 5.74) is 0.125. The van der Waals surface area contributed by atoms with Crippen molar-refractivity contribution in [3.63, 3.8) is 0 Å². The van der Waals surface area contributed by atoms with E-state index in [4.69, 9.17) is 9.15 Å². The summed E-state index contributed by atoms with van der Waals surface area (Å²) in [6.07, 6.45) is 2.49. The molecule has 5 heteroatoms. The van der Waals surface area contributed by atoms with Gasteiger partial charge in [-0.05, 0) is 34.1 Å². The fraction of sp³-hybridized carbons (Fsp3) is 0.846. The fourth-order valence-corrected chi connectivity index (χ4v) is 1.50. The number of nitrogens with one attached hydrogen (secondary N) is 1. The lowest BCUT2D eigenvalue weighted by Gasteiger charge is -2.19. The summed E-state index contributed by atoms with van der Waals surface area (Å²) in [5, 5.41) is 11.5. The lowest BCUT2D eigenvalue weighted by atomic mass is 10.1. The number of hydrogen-bond donors (Lipinski definition) is 1. The van der Waals surface area contributed by atoms with Crippen LogP contribution in [0.5, 0.6) is 0 Å². The molecule has 0 aliphatic rings. The molecule has 5 nitrogen and oxygen atoms in total. The smallest absolute Gasteiger partial charge is 0.217 e. The maximum Gasteiger partial charge on any atom is 0.217 e. The third kappa shape index (κ3) is 6.71. The third-order valence-electron chi connectivity index (χ3n) is 2.39. The van der Waals surface area contributed by atoms with Gasteiger partial charge in [0, 0.05) is 38.1 Å². The lowest BCUT2D eigenvalue weighted by molar-refractivity contribution is 0.143. The highest BCUT2D eigenvalue weighted by Crippen LogP contribution is 2.04. The Morgan fingerprint density at radius 2 is 1.83 bits per heavy atom. The van der Waals surface area contributed by atoms with Gasteiger partial charge in [0.1, 0.15) is 0 Å². The van der Waals surface area contributed by atoms with Gasteiger partial charge in [-0.15, -0.1) is 10.2 Å². The van der Waals surface area contributed by atoms with Crippen LogP contribution in [0.1, 0.15) is 45.9 Å². The summed E-state index contributed by atoms with van der Waals surface area (Å²) in [5.74, 6) is 1.42. The number of ether oxygens (including phenoxy) is 1. The molecule has 0 saturated heterocycles. The summed E-state index contributed by atoms with van der Waals surface area (Å²) in [4.78, 5) is 0. The first kappa shape index (κ1) is 15.1. The molecular formula is C13H25N3O2. The lowest BCUT2D eigenvalue weighted by Crippen LogP contribution is -2.37. The van der Waals surface area contributed by atoms with Gasteiger partial charge in [0.15, 0.2) is 0 Å². The van der Waals surface area contributed by atoms with Crippen molar-refractivity contribution in [2.75, 3.05) is 19.8 Å². The zero-order chi connectivity index (χ0) is 13.4. The van der Waals surface area contributed by atoms with Crippen LogP contribution in [0.2, 0.25) is 0 Å². The summed E-state index contributed by atoms with van der Waals surface area (Å²) in [7, 11) is 0. The van der Waals surface area contributed by atoms with Crippen LogP contribution in [-0.2, 0) is 17.6 Å². The molecule has 0 radical (unpaired) electrons. The number of aromatic nitrogens is 2. The summed E-state index contributed by atoms with van der Waals surface area (Å²) in [6, 6.07) is 0. The van der Waals surface area contributed by atoms with E-state index in [2.05, 4.69) is 36.3 Å². The van der Waals surface area contributed by atoms with Crippen LogP contribution >= 0.6 is 0 Å². The third-order valence-corrected chi connectivity index (χ3v) is 2.39. The van der Waals surface area contributed by atoms with Crippen molar-refractivity contribution in [1.82, 2.24) is 15.5 Å². The Morgan fingerprint density at radius 3 is 2.44 bits per heavy atom. The van der Waals surface area contributed by atoms with E-state index in [-0.39, 0.29) is 5.54 Å². The minimum absolute atomic E-state index is 0.125. The Balaban J connectivity index is 2.21. The highest BCUT2D eigenvalue weighted by Gasteiger charge is 2.10. The summed E-state index contributed by atoms with van der Waals surface area (Å²) in [6.45, 7) is 10.8. The van der Waals surface area contributed by atoms with Crippen molar-refractivity contribution in [3.05, 3.63) is 11.8 Å². The molecule has 0 aliphatic heterocycles. The SMILES string of the molecule is CCOCCCc1nnc(CCNC(C)(C)C)o1. The zero-order valence-corrected chi connectivity index (χ0v) is 12.0. The van der Waals surface area contributed by atoms with E-state index in [9.17, 15) is 0 Å². The van der Waals surface area contributed by atoms with Gasteiger partial charge in [-0.2, -0.15) is 0 Å². The number of aryl methyl sites for hydroxylation is 1. The van der Waals surface area contributed by atoms with Gasteiger partial charge in [0.25, 0.3) is 0 Å². The van der Waals surface area contributed by atoms with Gasteiger partial charge >= 0.3 is 0 Å². The van der Waals surface area contributed by atoms with E-state index in [1.807, 2.05) is 6.92 Å². The van der Waals surface area contributed by atoms with E-state index < -0.39 is 0 Å². The minimum atomic E-state index is 0.125. The normalized spacial score (nSPS) is 12.0. The van der Waals surface area contributed by atoms with Crippen LogP contribution in [-0.4, -0.2) is 35.5 Å². The molecule has 0 aromatic carbocycles. The van der Waals surface area contributed by atoms with Crippen LogP contribution < -0.4 is 5.32 Å². The number of hydrogen-bond acceptors (Lipinski definition) is 5. The quantitative estimate of drug-likeness (QED) is 0.720. The average Bonchev–Trinajstić information content (AvgIpc) is 2.71. The number of nitrogens with zero attached hydrogens (tertiary/aromatic N) is 2. The van der Waals surface area contributed by atoms with Crippen LogP contribution in [0.3, 0.4) is 0 Å². The first-order valence-corrected chi connectivity index (χ1v) is 6.65. The van der Waals surface area contributed by atoms with Crippen molar-refractivity contribution in [3.8, 4) is 0 Å². The predicted molar refractivity (Wildman–Crippen MR) is 70.6 cm³/mol. The Labute approximate surface area is 109 Å². The predicted octanol–water partition coefficient (Wildman–Crippen LogP) is 1.97. The van der Waals surface area contributed by atoms with Crippen molar-refractivity contribution < 1.29 is 9.15 Å². The van der Waals surface area contributed by atoms with Crippen LogP contribution in [0.4, 0.5) is 0 Å². The van der Waals surface area contributed by atoms with Crippen molar-refractivity contribution >= 4 is 0 Å². The molecule has 1 heterocycles. The molecule has 0 amide bonds. The molecule has 0 atom stereocenters. The molecule has 0 saturated carbocycles. The Morgan fingerprint density at radius 1 is 1.17 bits per heavy atom. The molecule has 104 valence electrons. The van der Waals surface area contributed by atoms with Gasteiger partial charge < -0.3 is 14.5 Å². The molecular weight excluding hydrogens is 230 g/mol. The molecule has 0 bridgehead atoms. The summed E-state index contributed by atoms with van der Waals surface area (Å²) < 4.78 is 10.8. The van der Waals surface area contributed by atoms with Crippen molar-refractivity contribution in [2.24, 2.45) is 0 Å². The molecule has 0 spiro atoms. The van der Waals surface area contributed by atoms with E-state index >= 15 is 0 Å². The Hall–Kier alpha value is -0.940. The zero-order valence-electron chi connectivity index (χ0n) is 12.0.